The molecule has 2 amide bonds. The molecule has 1 saturated carbocycles. The summed E-state index contributed by atoms with van der Waals surface area (Å²) >= 11 is 3.47. The SMILES string of the molecule is Cc1ccc2nc([C@@H](Cc3ccc(Br)cc3)NC(=O)NC3CCC(O)CC3)[nH]c2c1. The predicted molar refractivity (Wildman–Crippen MR) is 121 cm³/mol. The maximum atomic E-state index is 12.8. The molecule has 7 heteroatoms. The van der Waals surface area contributed by atoms with E-state index in [4.69, 9.17) is 4.98 Å². The van der Waals surface area contributed by atoms with Gasteiger partial charge < -0.3 is 20.7 Å². The van der Waals surface area contributed by atoms with Crippen LogP contribution in [0.3, 0.4) is 0 Å². The fourth-order valence-corrected chi connectivity index (χ4v) is 4.25. The van der Waals surface area contributed by atoms with Crippen molar-refractivity contribution in [1.29, 1.82) is 0 Å². The van der Waals surface area contributed by atoms with E-state index in [0.717, 1.165) is 58.1 Å². The Morgan fingerprint density at radius 1 is 1.20 bits per heavy atom. The Kier molecular flexibility index (Phi) is 6.39. The summed E-state index contributed by atoms with van der Waals surface area (Å²) in [6.07, 6.45) is 3.45. The van der Waals surface area contributed by atoms with Gasteiger partial charge in [-0.1, -0.05) is 34.1 Å². The number of hydrogen-bond donors (Lipinski definition) is 4. The molecule has 6 nitrogen and oxygen atoms in total. The number of amides is 2. The van der Waals surface area contributed by atoms with Gasteiger partial charge in [-0.2, -0.15) is 0 Å². The fourth-order valence-electron chi connectivity index (χ4n) is 3.99. The van der Waals surface area contributed by atoms with Gasteiger partial charge in [-0.3, -0.25) is 0 Å². The largest absolute Gasteiger partial charge is 0.393 e. The third-order valence-electron chi connectivity index (χ3n) is 5.68. The van der Waals surface area contributed by atoms with Crippen LogP contribution in [0.2, 0.25) is 0 Å². The average molecular weight is 471 g/mol. The van der Waals surface area contributed by atoms with Crippen molar-refractivity contribution in [1.82, 2.24) is 20.6 Å². The first-order valence-corrected chi connectivity index (χ1v) is 11.2. The van der Waals surface area contributed by atoms with Crippen LogP contribution in [0.15, 0.2) is 46.9 Å². The van der Waals surface area contributed by atoms with Crippen LogP contribution in [0.1, 0.15) is 48.7 Å². The van der Waals surface area contributed by atoms with Gasteiger partial charge in [0.1, 0.15) is 5.82 Å². The number of halogens is 1. The second kappa shape index (κ2) is 9.18. The number of aryl methyl sites for hydroxylation is 1. The van der Waals surface area contributed by atoms with Crippen molar-refractivity contribution < 1.29 is 9.90 Å². The van der Waals surface area contributed by atoms with E-state index in [1.165, 1.54) is 0 Å². The minimum absolute atomic E-state index is 0.0973. The fraction of sp³-hybridized carbons (Fsp3) is 0.391. The number of fused-ring (bicyclic) bond motifs is 1. The van der Waals surface area contributed by atoms with E-state index >= 15 is 0 Å². The van der Waals surface area contributed by atoms with Crippen LogP contribution < -0.4 is 10.6 Å². The second-order valence-electron chi connectivity index (χ2n) is 8.15. The Labute approximate surface area is 184 Å². The minimum atomic E-state index is -0.284. The van der Waals surface area contributed by atoms with Crippen LogP contribution in [-0.4, -0.2) is 33.3 Å². The van der Waals surface area contributed by atoms with Gasteiger partial charge in [0, 0.05) is 10.5 Å². The number of nitrogens with zero attached hydrogens (tertiary/aromatic N) is 1. The average Bonchev–Trinajstić information content (AvgIpc) is 3.14. The van der Waals surface area contributed by atoms with Crippen LogP contribution in [-0.2, 0) is 6.42 Å². The summed E-state index contributed by atoms with van der Waals surface area (Å²) in [6.45, 7) is 2.05. The van der Waals surface area contributed by atoms with Crippen LogP contribution in [0.5, 0.6) is 0 Å². The summed E-state index contributed by atoms with van der Waals surface area (Å²) in [4.78, 5) is 20.9. The first-order chi connectivity index (χ1) is 14.5. The zero-order chi connectivity index (χ0) is 21.1. The molecule has 1 aliphatic rings. The summed E-state index contributed by atoms with van der Waals surface area (Å²) < 4.78 is 1.02. The number of urea groups is 1. The molecule has 1 heterocycles. The summed E-state index contributed by atoms with van der Waals surface area (Å²) in [5.41, 5.74) is 4.13. The van der Waals surface area contributed by atoms with Crippen molar-refractivity contribution in [2.45, 2.75) is 57.2 Å². The molecule has 1 aliphatic carbocycles. The van der Waals surface area contributed by atoms with Gasteiger partial charge in [0.25, 0.3) is 0 Å². The molecule has 0 radical (unpaired) electrons. The van der Waals surface area contributed by atoms with Gasteiger partial charge in [-0.15, -0.1) is 0 Å². The van der Waals surface area contributed by atoms with Crippen LogP contribution >= 0.6 is 15.9 Å². The van der Waals surface area contributed by atoms with Gasteiger partial charge in [0.15, 0.2) is 0 Å². The third-order valence-corrected chi connectivity index (χ3v) is 6.20. The standard InChI is InChI=1S/C23H27BrN4O2/c1-14-2-11-19-20(12-14)27-22(26-19)21(13-15-3-5-16(24)6-4-15)28-23(30)25-17-7-9-18(29)10-8-17/h2-6,11-12,17-18,21,29H,7-10,13H2,1H3,(H,26,27)(H2,25,28,30)/t17?,18?,21-/m1/s1. The van der Waals surface area contributed by atoms with Gasteiger partial charge in [0.05, 0.1) is 23.2 Å². The lowest BCUT2D eigenvalue weighted by Gasteiger charge is -2.27. The van der Waals surface area contributed by atoms with Gasteiger partial charge in [-0.25, -0.2) is 9.78 Å². The van der Waals surface area contributed by atoms with E-state index in [9.17, 15) is 9.90 Å². The molecule has 30 heavy (non-hydrogen) atoms. The molecule has 158 valence electrons. The number of rotatable bonds is 5. The molecular weight excluding hydrogens is 444 g/mol. The van der Waals surface area contributed by atoms with Crippen LogP contribution in [0, 0.1) is 6.92 Å². The Balaban J connectivity index is 1.52. The van der Waals surface area contributed by atoms with Gasteiger partial charge in [-0.05, 0) is 74.4 Å². The molecular formula is C23H27BrN4O2. The molecule has 0 aliphatic heterocycles. The number of benzene rings is 2. The highest BCUT2D eigenvalue weighted by Gasteiger charge is 2.24. The molecule has 1 atom stereocenters. The lowest BCUT2D eigenvalue weighted by atomic mass is 9.93. The number of imidazole rings is 1. The number of hydrogen-bond acceptors (Lipinski definition) is 3. The third kappa shape index (κ3) is 5.21. The van der Waals surface area contributed by atoms with Crippen molar-refractivity contribution in [3.05, 3.63) is 63.9 Å². The van der Waals surface area contributed by atoms with Crippen molar-refractivity contribution in [2.75, 3.05) is 0 Å². The van der Waals surface area contributed by atoms with Crippen molar-refractivity contribution in [3.8, 4) is 0 Å². The highest BCUT2D eigenvalue weighted by molar-refractivity contribution is 9.10. The predicted octanol–water partition coefficient (Wildman–Crippen LogP) is 4.52. The zero-order valence-electron chi connectivity index (χ0n) is 17.0. The number of aromatic nitrogens is 2. The molecule has 0 spiro atoms. The lowest BCUT2D eigenvalue weighted by molar-refractivity contribution is 0.117. The normalized spacial score (nSPS) is 20.1. The van der Waals surface area contributed by atoms with E-state index in [1.807, 2.05) is 43.3 Å². The monoisotopic (exact) mass is 470 g/mol. The zero-order valence-corrected chi connectivity index (χ0v) is 18.6. The number of carbonyl (C=O) groups is 1. The summed E-state index contributed by atoms with van der Waals surface area (Å²) in [6, 6.07) is 13.8. The topological polar surface area (TPSA) is 90.0 Å². The smallest absolute Gasteiger partial charge is 0.315 e. The Morgan fingerprint density at radius 2 is 1.93 bits per heavy atom. The van der Waals surface area contributed by atoms with Crippen molar-refractivity contribution in [2.24, 2.45) is 0 Å². The highest BCUT2D eigenvalue weighted by atomic mass is 79.9. The number of aromatic amines is 1. The number of H-pyrrole nitrogens is 1. The maximum absolute atomic E-state index is 12.8. The van der Waals surface area contributed by atoms with Crippen molar-refractivity contribution in [3.63, 3.8) is 0 Å². The van der Waals surface area contributed by atoms with E-state index in [-0.39, 0.29) is 24.2 Å². The number of carbonyl (C=O) groups excluding carboxylic acids is 1. The van der Waals surface area contributed by atoms with Crippen LogP contribution in [0.4, 0.5) is 4.79 Å². The summed E-state index contributed by atoms with van der Waals surface area (Å²) in [5.74, 6) is 0.743. The number of aliphatic hydroxyl groups excluding tert-OH is 1. The molecule has 1 fully saturated rings. The van der Waals surface area contributed by atoms with E-state index < -0.39 is 0 Å². The van der Waals surface area contributed by atoms with Crippen LogP contribution in [0.25, 0.3) is 11.0 Å². The van der Waals surface area contributed by atoms with E-state index in [1.54, 1.807) is 0 Å². The Hall–Kier alpha value is -2.38. The Morgan fingerprint density at radius 3 is 2.67 bits per heavy atom. The molecule has 0 bridgehead atoms. The molecule has 4 rings (SSSR count). The van der Waals surface area contributed by atoms with Crippen molar-refractivity contribution >= 4 is 33.0 Å². The molecule has 0 unspecified atom stereocenters. The molecule has 0 saturated heterocycles. The van der Waals surface area contributed by atoms with E-state index in [0.29, 0.717) is 6.42 Å². The molecule has 3 aromatic rings. The minimum Gasteiger partial charge on any atom is -0.393 e. The second-order valence-corrected chi connectivity index (χ2v) is 9.06. The molecule has 2 aromatic carbocycles. The highest BCUT2D eigenvalue weighted by Crippen LogP contribution is 2.22. The van der Waals surface area contributed by atoms with Gasteiger partial charge in [0.2, 0.25) is 0 Å². The molecule has 1 aromatic heterocycles. The quantitative estimate of drug-likeness (QED) is 0.441. The maximum Gasteiger partial charge on any atom is 0.315 e. The first kappa shape index (κ1) is 20.9. The number of nitrogens with one attached hydrogen (secondary N) is 3. The van der Waals surface area contributed by atoms with E-state index in [2.05, 4.69) is 37.6 Å². The van der Waals surface area contributed by atoms with Gasteiger partial charge >= 0.3 is 6.03 Å². The number of aliphatic hydroxyl groups is 1. The first-order valence-electron chi connectivity index (χ1n) is 10.4. The lowest BCUT2D eigenvalue weighted by Crippen LogP contribution is -2.45. The Bertz CT molecular complexity index is 1010. The molecule has 4 N–H and O–H groups in total. The summed E-state index contributed by atoms with van der Waals surface area (Å²) in [7, 11) is 0. The summed E-state index contributed by atoms with van der Waals surface area (Å²) in [5, 5.41) is 15.9.